The SMILES string of the molecule is Cc1cc(F)c(NC(=O)OCC(Cl)(Cl)Cl)cc1-c1cc(-c2ccnc(NC(=O)C3CC3)c2)cnn1. The van der Waals surface area contributed by atoms with Crippen LogP contribution in [0.3, 0.4) is 0 Å². The molecular formula is C23H19Cl3FN5O3. The van der Waals surface area contributed by atoms with E-state index in [4.69, 9.17) is 39.5 Å². The topological polar surface area (TPSA) is 106 Å². The summed E-state index contributed by atoms with van der Waals surface area (Å²) in [4.78, 5) is 28.3. The molecule has 12 heteroatoms. The van der Waals surface area contributed by atoms with Crippen LogP contribution in [0.4, 0.5) is 20.7 Å². The number of amides is 2. The van der Waals surface area contributed by atoms with E-state index in [9.17, 15) is 14.0 Å². The zero-order chi connectivity index (χ0) is 25.2. The highest BCUT2D eigenvalue weighted by atomic mass is 35.6. The lowest BCUT2D eigenvalue weighted by Gasteiger charge is -2.14. The van der Waals surface area contributed by atoms with E-state index in [0.717, 1.165) is 18.4 Å². The lowest BCUT2D eigenvalue weighted by molar-refractivity contribution is -0.117. The Morgan fingerprint density at radius 1 is 1.14 bits per heavy atom. The lowest BCUT2D eigenvalue weighted by atomic mass is 10.0. The van der Waals surface area contributed by atoms with Gasteiger partial charge in [0.15, 0.2) is 0 Å². The molecule has 0 bridgehead atoms. The highest BCUT2D eigenvalue weighted by Crippen LogP contribution is 2.32. The molecule has 1 aliphatic rings. The van der Waals surface area contributed by atoms with E-state index in [0.29, 0.717) is 28.2 Å². The van der Waals surface area contributed by atoms with Crippen LogP contribution in [0, 0.1) is 18.7 Å². The number of benzene rings is 1. The third kappa shape index (κ3) is 6.78. The number of pyridine rings is 1. The van der Waals surface area contributed by atoms with Gasteiger partial charge in [-0.05, 0) is 61.2 Å². The minimum absolute atomic E-state index is 0.0440. The summed E-state index contributed by atoms with van der Waals surface area (Å²) in [6.45, 7) is 1.20. The van der Waals surface area contributed by atoms with Crippen molar-refractivity contribution in [3.05, 3.63) is 54.1 Å². The molecule has 3 aromatic rings. The van der Waals surface area contributed by atoms with Crippen molar-refractivity contribution < 1.29 is 18.7 Å². The van der Waals surface area contributed by atoms with Crippen molar-refractivity contribution in [3.63, 3.8) is 0 Å². The summed E-state index contributed by atoms with van der Waals surface area (Å²) in [5.74, 6) is -0.224. The van der Waals surface area contributed by atoms with Crippen LogP contribution in [-0.2, 0) is 9.53 Å². The van der Waals surface area contributed by atoms with Gasteiger partial charge in [0.1, 0.15) is 18.2 Å². The zero-order valence-corrected chi connectivity index (χ0v) is 20.6. The summed E-state index contributed by atoms with van der Waals surface area (Å²) < 4.78 is 17.5. The number of hydrogen-bond donors (Lipinski definition) is 2. The predicted molar refractivity (Wildman–Crippen MR) is 132 cm³/mol. The number of nitrogens with one attached hydrogen (secondary N) is 2. The molecule has 2 amide bonds. The van der Waals surface area contributed by atoms with E-state index in [1.54, 1.807) is 37.5 Å². The molecule has 1 fully saturated rings. The number of hydrogen-bond acceptors (Lipinski definition) is 6. The molecule has 0 atom stereocenters. The van der Waals surface area contributed by atoms with Gasteiger partial charge in [0.25, 0.3) is 0 Å². The van der Waals surface area contributed by atoms with Crippen molar-refractivity contribution >= 4 is 58.3 Å². The second-order valence-corrected chi connectivity index (χ2v) is 10.5. The van der Waals surface area contributed by atoms with Crippen LogP contribution in [-0.4, -0.2) is 37.6 Å². The molecule has 8 nitrogen and oxygen atoms in total. The molecule has 0 unspecified atom stereocenters. The molecule has 0 radical (unpaired) electrons. The number of alkyl halides is 3. The van der Waals surface area contributed by atoms with E-state index >= 15 is 0 Å². The normalized spacial score (nSPS) is 13.3. The molecule has 1 aliphatic carbocycles. The Labute approximate surface area is 215 Å². The average Bonchev–Trinajstić information content (AvgIpc) is 3.65. The quantitative estimate of drug-likeness (QED) is 0.377. The van der Waals surface area contributed by atoms with Gasteiger partial charge in [-0.1, -0.05) is 34.8 Å². The van der Waals surface area contributed by atoms with E-state index in [-0.39, 0.29) is 17.5 Å². The Balaban J connectivity index is 1.57. The third-order valence-corrected chi connectivity index (χ3v) is 5.47. The van der Waals surface area contributed by atoms with Crippen LogP contribution < -0.4 is 10.6 Å². The van der Waals surface area contributed by atoms with Crippen molar-refractivity contribution in [2.75, 3.05) is 17.2 Å². The van der Waals surface area contributed by atoms with Gasteiger partial charge in [-0.3, -0.25) is 10.1 Å². The average molecular weight is 539 g/mol. The summed E-state index contributed by atoms with van der Waals surface area (Å²) >= 11 is 16.7. The fourth-order valence-corrected chi connectivity index (χ4v) is 3.41. The van der Waals surface area contributed by atoms with Crippen LogP contribution in [0.15, 0.2) is 42.7 Å². The Bertz CT molecular complexity index is 1280. The fraction of sp³-hybridized carbons (Fsp3) is 0.261. The summed E-state index contributed by atoms with van der Waals surface area (Å²) in [6, 6.07) is 7.96. The summed E-state index contributed by atoms with van der Waals surface area (Å²) in [5, 5.41) is 13.3. The maximum absolute atomic E-state index is 14.5. The summed E-state index contributed by atoms with van der Waals surface area (Å²) in [7, 11) is 0. The van der Waals surface area contributed by atoms with Crippen LogP contribution in [0.25, 0.3) is 22.4 Å². The van der Waals surface area contributed by atoms with E-state index in [1.165, 1.54) is 12.1 Å². The molecule has 0 aliphatic heterocycles. The van der Waals surface area contributed by atoms with Crippen LogP contribution in [0.1, 0.15) is 18.4 Å². The van der Waals surface area contributed by atoms with Crippen molar-refractivity contribution in [2.24, 2.45) is 5.92 Å². The van der Waals surface area contributed by atoms with E-state index < -0.39 is 22.3 Å². The highest BCUT2D eigenvalue weighted by molar-refractivity contribution is 6.67. The number of rotatable bonds is 6. The number of halogens is 4. The molecule has 0 spiro atoms. The van der Waals surface area contributed by atoms with E-state index in [2.05, 4.69) is 25.8 Å². The predicted octanol–water partition coefficient (Wildman–Crippen LogP) is 5.92. The van der Waals surface area contributed by atoms with Crippen molar-refractivity contribution in [2.45, 2.75) is 23.6 Å². The minimum atomic E-state index is -1.79. The van der Waals surface area contributed by atoms with Gasteiger partial charge in [0.05, 0.1) is 17.6 Å². The van der Waals surface area contributed by atoms with Gasteiger partial charge in [0, 0.05) is 23.2 Å². The molecule has 182 valence electrons. The monoisotopic (exact) mass is 537 g/mol. The number of nitrogens with zero attached hydrogens (tertiary/aromatic N) is 3. The maximum atomic E-state index is 14.5. The lowest BCUT2D eigenvalue weighted by Crippen LogP contribution is -2.21. The summed E-state index contributed by atoms with van der Waals surface area (Å²) in [5.41, 5.74) is 2.88. The van der Waals surface area contributed by atoms with Gasteiger partial charge in [-0.15, -0.1) is 0 Å². The summed E-state index contributed by atoms with van der Waals surface area (Å²) in [6.07, 6.45) is 3.95. The number of aromatic nitrogens is 3. The Hall–Kier alpha value is -3.01. The molecule has 2 aromatic heterocycles. The van der Waals surface area contributed by atoms with Gasteiger partial charge < -0.3 is 10.1 Å². The molecular weight excluding hydrogens is 520 g/mol. The molecule has 0 saturated heterocycles. The largest absolute Gasteiger partial charge is 0.445 e. The number of aryl methyl sites for hydroxylation is 1. The van der Waals surface area contributed by atoms with Gasteiger partial charge in [0.2, 0.25) is 9.70 Å². The fourth-order valence-electron chi connectivity index (χ4n) is 3.25. The second-order valence-electron chi connectivity index (χ2n) is 7.99. The highest BCUT2D eigenvalue weighted by Gasteiger charge is 2.29. The molecule has 1 saturated carbocycles. The first kappa shape index (κ1) is 25.1. The molecule has 4 rings (SSSR count). The zero-order valence-electron chi connectivity index (χ0n) is 18.3. The van der Waals surface area contributed by atoms with Crippen LogP contribution in [0.2, 0.25) is 0 Å². The number of ether oxygens (including phenoxy) is 1. The van der Waals surface area contributed by atoms with Crippen molar-refractivity contribution in [3.8, 4) is 22.4 Å². The number of anilines is 2. The Kier molecular flexibility index (Phi) is 7.39. The first-order valence-electron chi connectivity index (χ1n) is 10.5. The van der Waals surface area contributed by atoms with Gasteiger partial charge >= 0.3 is 6.09 Å². The van der Waals surface area contributed by atoms with Crippen molar-refractivity contribution in [1.29, 1.82) is 0 Å². The van der Waals surface area contributed by atoms with Crippen LogP contribution in [0.5, 0.6) is 0 Å². The van der Waals surface area contributed by atoms with Crippen LogP contribution >= 0.6 is 34.8 Å². The minimum Gasteiger partial charge on any atom is -0.445 e. The Morgan fingerprint density at radius 3 is 2.63 bits per heavy atom. The van der Waals surface area contributed by atoms with Crippen molar-refractivity contribution in [1.82, 2.24) is 15.2 Å². The van der Waals surface area contributed by atoms with Gasteiger partial charge in [-0.25, -0.2) is 14.2 Å². The third-order valence-electron chi connectivity index (χ3n) is 5.14. The van der Waals surface area contributed by atoms with E-state index in [1.807, 2.05) is 0 Å². The maximum Gasteiger partial charge on any atom is 0.411 e. The smallest absolute Gasteiger partial charge is 0.411 e. The molecule has 2 heterocycles. The molecule has 35 heavy (non-hydrogen) atoms. The molecule has 1 aromatic carbocycles. The molecule has 2 N–H and O–H groups in total. The first-order valence-corrected chi connectivity index (χ1v) is 11.6. The first-order chi connectivity index (χ1) is 16.6. The second kappa shape index (κ2) is 10.3. The number of carbonyl (C=O) groups excluding carboxylic acids is 2. The number of carbonyl (C=O) groups is 2. The Morgan fingerprint density at radius 2 is 1.91 bits per heavy atom. The van der Waals surface area contributed by atoms with Gasteiger partial charge in [-0.2, -0.15) is 10.2 Å². The standard InChI is InChI=1S/C23H19Cl3FN5O3/c1-12-6-17(27)19(30-22(34)35-11-23(24,25)26)9-16(12)18-7-15(10-29-32-18)14-4-5-28-20(8-14)31-21(33)13-2-3-13/h4-10,13H,2-3,11H2,1H3,(H,30,34)(H,28,31,33).